The maximum atomic E-state index is 13.4. The van der Waals surface area contributed by atoms with Gasteiger partial charge < -0.3 is 31.3 Å². The Morgan fingerprint density at radius 3 is 1.98 bits per heavy atom. The number of amides is 4. The van der Waals surface area contributed by atoms with Gasteiger partial charge in [0.25, 0.3) is 0 Å². The molecule has 0 fully saturated rings. The lowest BCUT2D eigenvalue weighted by atomic mass is 10.0. The van der Waals surface area contributed by atoms with Crippen LogP contribution in [0.25, 0.3) is 0 Å². The van der Waals surface area contributed by atoms with Crippen LogP contribution in [-0.2, 0) is 22.5 Å². The molecule has 9 heteroatoms. The van der Waals surface area contributed by atoms with Gasteiger partial charge in [-0.1, -0.05) is 78.9 Å². The van der Waals surface area contributed by atoms with Crippen molar-refractivity contribution in [3.8, 4) is 0 Å². The molecule has 0 aliphatic heterocycles. The number of rotatable bonds is 14. The van der Waals surface area contributed by atoms with Gasteiger partial charge in [0.05, 0.1) is 6.04 Å². The van der Waals surface area contributed by atoms with Crippen molar-refractivity contribution >= 4 is 23.7 Å². The van der Waals surface area contributed by atoms with Crippen LogP contribution in [0, 0.1) is 0 Å². The molecule has 4 amide bonds. The Bertz CT molecular complexity index is 1230. The van der Waals surface area contributed by atoms with Crippen LogP contribution >= 0.6 is 0 Å². The summed E-state index contributed by atoms with van der Waals surface area (Å²) in [6, 6.07) is 27.8. The smallest absolute Gasteiger partial charge is 0.407 e. The minimum Gasteiger partial charge on any atom is -0.444 e. The number of para-hydroxylation sites is 1. The number of carbonyl (C=O) groups excluding carboxylic acids is 3. The number of ether oxygens (including phenoxy) is 1. The first kappa shape index (κ1) is 32.1. The van der Waals surface area contributed by atoms with Gasteiger partial charge in [0.1, 0.15) is 5.60 Å². The first-order valence-electron chi connectivity index (χ1n) is 14.4. The van der Waals surface area contributed by atoms with E-state index in [4.69, 9.17) is 4.74 Å². The third kappa shape index (κ3) is 12.9. The predicted octanol–water partition coefficient (Wildman–Crippen LogP) is 5.00. The number of carbonyl (C=O) groups is 3. The minimum atomic E-state index is -0.587. The van der Waals surface area contributed by atoms with Crippen molar-refractivity contribution in [2.24, 2.45) is 0 Å². The van der Waals surface area contributed by atoms with Crippen LogP contribution in [-0.4, -0.2) is 48.8 Å². The summed E-state index contributed by atoms with van der Waals surface area (Å²) in [6.45, 7) is 6.49. The highest BCUT2D eigenvalue weighted by molar-refractivity contribution is 5.89. The Morgan fingerprint density at radius 2 is 1.36 bits per heavy atom. The molecule has 0 radical (unpaired) electrons. The van der Waals surface area contributed by atoms with Gasteiger partial charge in [-0.15, -0.1) is 0 Å². The lowest BCUT2D eigenvalue weighted by Crippen LogP contribution is -2.53. The second-order valence-electron chi connectivity index (χ2n) is 11.1. The molecule has 0 spiro atoms. The number of nitrogens with one attached hydrogen (secondary N) is 5. The van der Waals surface area contributed by atoms with Crippen LogP contribution in [0.4, 0.5) is 15.3 Å². The molecular formula is C33H43N5O4. The lowest BCUT2D eigenvalue weighted by molar-refractivity contribution is -0.123. The fourth-order valence-electron chi connectivity index (χ4n) is 4.29. The summed E-state index contributed by atoms with van der Waals surface area (Å²) in [5.74, 6) is -0.150. The monoisotopic (exact) mass is 573 g/mol. The van der Waals surface area contributed by atoms with E-state index in [9.17, 15) is 14.4 Å². The summed E-state index contributed by atoms with van der Waals surface area (Å²) in [5.41, 5.74) is 2.18. The molecule has 3 aromatic carbocycles. The number of hydrogen-bond acceptors (Lipinski definition) is 5. The van der Waals surface area contributed by atoms with E-state index in [1.54, 1.807) is 0 Å². The minimum absolute atomic E-state index is 0.150. The molecule has 0 unspecified atom stereocenters. The molecular weight excluding hydrogens is 530 g/mol. The standard InChI is InChI=1S/C33H43N5O4/c1-33(2,3)42-32(41)34-21-13-20-29(30(39)35-23-26-16-9-5-10-17-26)37-28(22-25-14-7-4-8-15-25)24-36-31(40)38-27-18-11-6-12-19-27/h4-12,14-19,28-29,37H,13,20-24H2,1-3H3,(H,34,41)(H,35,39)(H2,36,38,40)/t28-,29+/m1/s1. The normalized spacial score (nSPS) is 12.5. The fraction of sp³-hybridized carbons (Fsp3) is 0.364. The van der Waals surface area contributed by atoms with Gasteiger partial charge in [0, 0.05) is 31.4 Å². The second kappa shape index (κ2) is 16.8. The van der Waals surface area contributed by atoms with Crippen molar-refractivity contribution in [2.75, 3.05) is 18.4 Å². The molecule has 224 valence electrons. The van der Waals surface area contributed by atoms with E-state index in [1.165, 1.54) is 0 Å². The van der Waals surface area contributed by atoms with Crippen LogP contribution in [0.3, 0.4) is 0 Å². The van der Waals surface area contributed by atoms with Gasteiger partial charge in [-0.2, -0.15) is 0 Å². The van der Waals surface area contributed by atoms with Crippen molar-refractivity contribution in [2.45, 2.75) is 64.3 Å². The Labute approximate surface area is 248 Å². The van der Waals surface area contributed by atoms with Crippen molar-refractivity contribution in [3.63, 3.8) is 0 Å². The molecule has 9 nitrogen and oxygen atoms in total. The van der Waals surface area contributed by atoms with Gasteiger partial charge in [-0.25, -0.2) is 9.59 Å². The van der Waals surface area contributed by atoms with E-state index in [-0.39, 0.29) is 18.0 Å². The second-order valence-corrected chi connectivity index (χ2v) is 11.1. The molecule has 5 N–H and O–H groups in total. The Balaban J connectivity index is 1.66. The van der Waals surface area contributed by atoms with Gasteiger partial charge in [-0.05, 0) is 63.3 Å². The van der Waals surface area contributed by atoms with Crippen molar-refractivity contribution < 1.29 is 19.1 Å². The molecule has 0 aliphatic rings. The molecule has 0 aliphatic carbocycles. The number of benzene rings is 3. The van der Waals surface area contributed by atoms with Gasteiger partial charge in [-0.3, -0.25) is 4.79 Å². The van der Waals surface area contributed by atoms with Crippen LogP contribution in [0.1, 0.15) is 44.7 Å². The Hall–Kier alpha value is -4.37. The van der Waals surface area contributed by atoms with Crippen molar-refractivity contribution in [1.82, 2.24) is 21.3 Å². The Morgan fingerprint density at radius 1 is 0.762 bits per heavy atom. The maximum Gasteiger partial charge on any atom is 0.407 e. The Kier molecular flexibility index (Phi) is 12.9. The molecule has 0 saturated heterocycles. The van der Waals surface area contributed by atoms with E-state index < -0.39 is 17.7 Å². The number of hydrogen-bond donors (Lipinski definition) is 5. The molecule has 42 heavy (non-hydrogen) atoms. The zero-order valence-electron chi connectivity index (χ0n) is 24.7. The van der Waals surface area contributed by atoms with Crippen LogP contribution in [0.15, 0.2) is 91.0 Å². The number of anilines is 1. The maximum absolute atomic E-state index is 13.4. The highest BCUT2D eigenvalue weighted by atomic mass is 16.6. The van der Waals surface area contributed by atoms with E-state index in [1.807, 2.05) is 112 Å². The molecule has 0 aromatic heterocycles. The zero-order chi connectivity index (χ0) is 30.2. The van der Waals surface area contributed by atoms with Crippen molar-refractivity contribution in [3.05, 3.63) is 102 Å². The average Bonchev–Trinajstić information content (AvgIpc) is 2.97. The van der Waals surface area contributed by atoms with E-state index in [0.717, 1.165) is 11.1 Å². The highest BCUT2D eigenvalue weighted by Gasteiger charge is 2.23. The summed E-state index contributed by atoms with van der Waals surface area (Å²) >= 11 is 0. The lowest BCUT2D eigenvalue weighted by Gasteiger charge is -2.26. The van der Waals surface area contributed by atoms with Gasteiger partial charge >= 0.3 is 12.1 Å². The topological polar surface area (TPSA) is 121 Å². The van der Waals surface area contributed by atoms with E-state index in [0.29, 0.717) is 44.6 Å². The summed E-state index contributed by atoms with van der Waals surface area (Å²) in [4.78, 5) is 38.1. The van der Waals surface area contributed by atoms with Gasteiger partial charge in [0.2, 0.25) is 5.91 Å². The highest BCUT2D eigenvalue weighted by Crippen LogP contribution is 2.09. The third-order valence-corrected chi connectivity index (χ3v) is 6.27. The quantitative estimate of drug-likeness (QED) is 0.174. The predicted molar refractivity (Wildman–Crippen MR) is 166 cm³/mol. The van der Waals surface area contributed by atoms with E-state index >= 15 is 0 Å². The molecule has 0 bridgehead atoms. The largest absolute Gasteiger partial charge is 0.444 e. The van der Waals surface area contributed by atoms with Crippen LogP contribution in [0.2, 0.25) is 0 Å². The summed E-state index contributed by atoms with van der Waals surface area (Å²) in [7, 11) is 0. The summed E-state index contributed by atoms with van der Waals surface area (Å²) < 4.78 is 5.32. The average molecular weight is 574 g/mol. The molecule has 3 rings (SSSR count). The van der Waals surface area contributed by atoms with Crippen LogP contribution < -0.4 is 26.6 Å². The first-order chi connectivity index (χ1) is 20.2. The van der Waals surface area contributed by atoms with Gasteiger partial charge in [0.15, 0.2) is 0 Å². The molecule has 0 heterocycles. The van der Waals surface area contributed by atoms with Crippen molar-refractivity contribution in [1.29, 1.82) is 0 Å². The molecule has 3 aromatic rings. The summed E-state index contributed by atoms with van der Waals surface area (Å²) in [5, 5.41) is 15.1. The summed E-state index contributed by atoms with van der Waals surface area (Å²) in [6.07, 6.45) is 1.13. The zero-order valence-corrected chi connectivity index (χ0v) is 24.7. The van der Waals surface area contributed by atoms with Crippen LogP contribution in [0.5, 0.6) is 0 Å². The van der Waals surface area contributed by atoms with E-state index in [2.05, 4.69) is 26.6 Å². The number of alkyl carbamates (subject to hydrolysis) is 1. The number of urea groups is 1. The fourth-order valence-corrected chi connectivity index (χ4v) is 4.29. The molecule has 2 atom stereocenters. The molecule has 0 saturated carbocycles. The SMILES string of the molecule is CC(C)(C)OC(=O)NCCC[C@H](N[C@@H](CNC(=O)Nc1ccccc1)Cc1ccccc1)C(=O)NCc1ccccc1. The first-order valence-corrected chi connectivity index (χ1v) is 14.4. The third-order valence-electron chi connectivity index (χ3n) is 6.27.